The van der Waals surface area contributed by atoms with E-state index in [1.807, 2.05) is 0 Å². The number of anilines is 6. The molecule has 3 heterocycles. The Kier molecular flexibility index (Phi) is 17.7. The second-order valence-electron chi connectivity index (χ2n) is 35.3. The van der Waals surface area contributed by atoms with E-state index < -0.39 is 16.1 Å². The average molecular weight is 1480 g/mol. The molecule has 0 unspecified atom stereocenters. The summed E-state index contributed by atoms with van der Waals surface area (Å²) < 4.78 is 2.59. The molecule has 16 aromatic rings. The quantitative estimate of drug-likeness (QED) is 0.0842. The first-order valence-electron chi connectivity index (χ1n) is 40.0. The lowest BCUT2D eigenvalue weighted by atomic mass is 9.33. The Balaban J connectivity index is 0.955. The zero-order valence-electron chi connectivity index (χ0n) is 66.6. The molecule has 546 valence electrons. The van der Waals surface area contributed by atoms with Crippen LogP contribution in [0.4, 0.5) is 34.1 Å². The molecule has 2 aliphatic rings. The predicted molar refractivity (Wildman–Crippen MR) is 488 cm³/mol. The van der Waals surface area contributed by atoms with Crippen LogP contribution in [0.5, 0.6) is 0 Å². The van der Waals surface area contributed by atoms with Crippen LogP contribution in [0.3, 0.4) is 0 Å². The van der Waals surface area contributed by atoms with Crippen LogP contribution in [-0.4, -0.2) is 27.4 Å². The van der Waals surface area contributed by atoms with Gasteiger partial charge in [0.15, 0.2) is 16.1 Å². The van der Waals surface area contributed by atoms with Gasteiger partial charge in [0.1, 0.15) is 0 Å². The summed E-state index contributed by atoms with van der Waals surface area (Å²) in [5.41, 5.74) is 23.8. The Labute approximate surface area is 665 Å². The maximum Gasteiger partial charge on any atom is 0.252 e. The second kappa shape index (κ2) is 27.6. The van der Waals surface area contributed by atoms with Gasteiger partial charge in [-0.1, -0.05) is 374 Å². The molecule has 3 nitrogen and oxygen atoms in total. The molecule has 18 rings (SSSR count). The molecule has 0 atom stereocenters. The Morgan fingerprint density at radius 2 is 0.491 bits per heavy atom. The minimum absolute atomic E-state index is 0.00167. The molecule has 0 fully saturated rings. The van der Waals surface area contributed by atoms with E-state index in [-0.39, 0.29) is 28.4 Å². The molecule has 0 amide bonds. The molecule has 2 aliphatic heterocycles. The molecule has 0 spiro atoms. The summed E-state index contributed by atoms with van der Waals surface area (Å²) in [5.74, 6) is 0. The van der Waals surface area contributed by atoms with Crippen LogP contribution >= 0.6 is 0 Å². The molecule has 0 saturated heterocycles. The lowest BCUT2D eigenvalue weighted by Crippen LogP contribution is -2.74. The van der Waals surface area contributed by atoms with Crippen LogP contribution in [0.1, 0.15) is 105 Å². The highest BCUT2D eigenvalue weighted by Crippen LogP contribution is 2.48. The molecule has 1 aromatic heterocycles. The lowest BCUT2D eigenvalue weighted by molar-refractivity contribution is 0.590. The van der Waals surface area contributed by atoms with E-state index in [0.29, 0.717) is 0 Å². The monoisotopic (exact) mass is 1480 g/mol. The van der Waals surface area contributed by atoms with Gasteiger partial charge in [0.05, 0.1) is 16.7 Å². The van der Waals surface area contributed by atoms with Gasteiger partial charge in [-0.3, -0.25) is 0 Å². The number of benzene rings is 15. The Morgan fingerprint density at radius 1 is 0.223 bits per heavy atom. The normalized spacial score (nSPS) is 13.1. The molecule has 0 saturated carbocycles. The molecule has 0 bridgehead atoms. The first-order valence-corrected chi connectivity index (χ1v) is 44.0. The van der Waals surface area contributed by atoms with Gasteiger partial charge < -0.3 is 14.4 Å². The smallest absolute Gasteiger partial charge is 0.252 e. The van der Waals surface area contributed by atoms with Crippen LogP contribution in [0.2, 0.25) is 0 Å². The Bertz CT molecular complexity index is 5600. The predicted octanol–water partition coefficient (Wildman–Crippen LogP) is 20.1. The molecule has 112 heavy (non-hydrogen) atoms. The fourth-order valence-electron chi connectivity index (χ4n) is 18.4. The van der Waals surface area contributed by atoms with Crippen LogP contribution in [0.25, 0.3) is 49.7 Å². The van der Waals surface area contributed by atoms with Crippen molar-refractivity contribution in [1.82, 2.24) is 4.57 Å². The topological polar surface area (TPSA) is 11.4 Å². The first-order chi connectivity index (χ1) is 54.1. The van der Waals surface area contributed by atoms with Crippen molar-refractivity contribution in [2.45, 2.75) is 105 Å². The maximum atomic E-state index is 2.64. The van der Waals surface area contributed by atoms with Gasteiger partial charge in [0, 0.05) is 44.9 Å². The molecule has 6 heteroatoms. The van der Waals surface area contributed by atoms with Gasteiger partial charge in [-0.25, -0.2) is 0 Å². The second-order valence-corrected chi connectivity index (χ2v) is 42.9. The standard InChI is InChI=1S/C106H96BN3Si2/c1-103(2,3)77-49-43-73(44-50-77)75-47-63-98-94(67-75)107-95-68-76(74-45-51-78(52-46-74)104(4,5)6)48-64-99(95)109(82-57-61-91(62-58-82)112(87-37-25-16-26-38-87,88-39-27-17-28-40-88)89-41-29-18-30-42-89)101-72-83(110-96-65-53-79(105(7,8)9)69-92(96)93-70-80(106(10,11)12)54-66-97(93)110)71-100(102(101)107)108(98)81-55-59-90(60-56-81)111(84-31-19-13-20-32-84,85-33-21-14-22-34-85)86-35-23-15-24-36-86/h13-72H,1-12H3. The van der Waals surface area contributed by atoms with Gasteiger partial charge in [-0.15, -0.1) is 0 Å². The van der Waals surface area contributed by atoms with Crippen molar-refractivity contribution < 1.29 is 0 Å². The van der Waals surface area contributed by atoms with Crippen molar-refractivity contribution >= 4 is 137 Å². The molecule has 15 aromatic carbocycles. The zero-order chi connectivity index (χ0) is 77.1. The highest BCUT2D eigenvalue weighted by molar-refractivity contribution is 7.20. The highest BCUT2D eigenvalue weighted by atomic mass is 28.3. The van der Waals surface area contributed by atoms with E-state index in [0.717, 1.165) is 39.8 Å². The van der Waals surface area contributed by atoms with Crippen molar-refractivity contribution in [3.8, 4) is 27.9 Å². The maximum absolute atomic E-state index is 2.96. The number of aromatic nitrogens is 1. The number of rotatable bonds is 13. The minimum atomic E-state index is -2.96. The molecular weight excluding hydrogens is 1380 g/mol. The van der Waals surface area contributed by atoms with Crippen LogP contribution in [0, 0.1) is 0 Å². The first kappa shape index (κ1) is 71.8. The van der Waals surface area contributed by atoms with E-state index >= 15 is 0 Å². The molecule has 0 aliphatic carbocycles. The van der Waals surface area contributed by atoms with Crippen LogP contribution < -0.4 is 67.7 Å². The average Bonchev–Trinajstić information content (AvgIpc) is 0.735. The fraction of sp³-hybridized carbons (Fsp3) is 0.151. The van der Waals surface area contributed by atoms with Crippen molar-refractivity contribution in [3.05, 3.63) is 386 Å². The molecule has 0 radical (unpaired) electrons. The number of nitrogens with zero attached hydrogens (tertiary/aromatic N) is 3. The lowest BCUT2D eigenvalue weighted by Gasteiger charge is -2.45. The van der Waals surface area contributed by atoms with E-state index in [9.17, 15) is 0 Å². The molecule has 0 N–H and O–H groups in total. The SMILES string of the molecule is CC(C)(C)c1ccc(-c2ccc3c(c2)B2c4cc(-c5ccc(C(C)(C)C)cc5)ccc4N(c4ccc([Si](c5ccccc5)(c5ccccc5)c5ccccc5)cc4)c4cc(-n5c6ccc(C(C)(C)C)cc6c6cc(C(C)(C)C)ccc65)cc(c42)N3c2ccc([Si](c3ccccc3)(c3ccccc3)c3ccccc3)cc2)cc1. The van der Waals surface area contributed by atoms with E-state index in [4.69, 9.17) is 0 Å². The number of fused-ring (bicyclic) bond motifs is 7. The number of hydrogen-bond donors (Lipinski definition) is 0. The van der Waals surface area contributed by atoms with Crippen LogP contribution in [-0.2, 0) is 21.7 Å². The van der Waals surface area contributed by atoms with Gasteiger partial charge in [0.2, 0.25) is 0 Å². The van der Waals surface area contributed by atoms with Gasteiger partial charge in [-0.05, 0) is 197 Å². The third-order valence-electron chi connectivity index (χ3n) is 24.3. The van der Waals surface area contributed by atoms with E-state index in [1.165, 1.54) is 124 Å². The third kappa shape index (κ3) is 12.2. The van der Waals surface area contributed by atoms with Crippen molar-refractivity contribution in [3.63, 3.8) is 0 Å². The van der Waals surface area contributed by atoms with Crippen molar-refractivity contribution in [1.29, 1.82) is 0 Å². The Hall–Kier alpha value is -11.8. The summed E-state index contributed by atoms with van der Waals surface area (Å²) in [6, 6.07) is 141. The zero-order valence-corrected chi connectivity index (χ0v) is 68.6. The van der Waals surface area contributed by atoms with E-state index in [2.05, 4.69) is 461 Å². The third-order valence-corrected chi connectivity index (χ3v) is 33.9. The summed E-state index contributed by atoms with van der Waals surface area (Å²) in [6.45, 7) is 27.7. The fourth-order valence-corrected chi connectivity index (χ4v) is 27.9. The number of hydrogen-bond acceptors (Lipinski definition) is 2. The minimum Gasteiger partial charge on any atom is -0.311 e. The van der Waals surface area contributed by atoms with Gasteiger partial charge in [-0.2, -0.15) is 0 Å². The highest BCUT2D eigenvalue weighted by Gasteiger charge is 2.47. The summed E-state index contributed by atoms with van der Waals surface area (Å²) in [4.78, 5) is 5.29. The molecular formula is C106H96BN3Si2. The van der Waals surface area contributed by atoms with Gasteiger partial charge >= 0.3 is 0 Å². The largest absolute Gasteiger partial charge is 0.311 e. The van der Waals surface area contributed by atoms with E-state index in [1.54, 1.807) is 0 Å². The van der Waals surface area contributed by atoms with Gasteiger partial charge in [0.25, 0.3) is 6.71 Å². The van der Waals surface area contributed by atoms with Crippen LogP contribution in [0.15, 0.2) is 364 Å². The van der Waals surface area contributed by atoms with Crippen molar-refractivity contribution in [2.24, 2.45) is 0 Å². The van der Waals surface area contributed by atoms with Crippen molar-refractivity contribution in [2.75, 3.05) is 9.80 Å². The summed E-state index contributed by atoms with van der Waals surface area (Å²) in [7, 11) is -5.91. The summed E-state index contributed by atoms with van der Waals surface area (Å²) in [6.07, 6.45) is 0. The summed E-state index contributed by atoms with van der Waals surface area (Å²) in [5, 5.41) is 13.2. The Morgan fingerprint density at radius 3 is 0.777 bits per heavy atom. The summed E-state index contributed by atoms with van der Waals surface area (Å²) >= 11 is 0.